The van der Waals surface area contributed by atoms with E-state index in [-0.39, 0.29) is 12.5 Å². The first-order valence-electron chi connectivity index (χ1n) is 9.66. The Morgan fingerprint density at radius 1 is 1.10 bits per heavy atom. The molecule has 5 nitrogen and oxygen atoms in total. The van der Waals surface area contributed by atoms with E-state index < -0.39 is 0 Å². The van der Waals surface area contributed by atoms with Crippen LogP contribution in [0.4, 0.5) is 5.69 Å². The van der Waals surface area contributed by atoms with Crippen LogP contribution in [0.5, 0.6) is 5.75 Å². The lowest BCUT2D eigenvalue weighted by molar-refractivity contribution is -0.116. The standard InChI is InChI=1S/C24H23N3O2S/c1-16-6-9-18(10-7-16)20-15-30-24(26-20)21-5-4-12-27(21)14-23(28)25-19-13-17(2)8-11-22(19)29-3/h4-13,15H,14H2,1-3H3,(H,25,28). The highest BCUT2D eigenvalue weighted by molar-refractivity contribution is 7.13. The van der Waals surface area contributed by atoms with Gasteiger partial charge in [-0.1, -0.05) is 35.9 Å². The van der Waals surface area contributed by atoms with Gasteiger partial charge in [0.2, 0.25) is 5.91 Å². The van der Waals surface area contributed by atoms with Crippen LogP contribution >= 0.6 is 11.3 Å². The Labute approximate surface area is 180 Å². The minimum absolute atomic E-state index is 0.119. The van der Waals surface area contributed by atoms with Crippen LogP contribution in [-0.2, 0) is 11.3 Å². The molecule has 0 aliphatic rings. The SMILES string of the molecule is COc1ccc(C)cc1NC(=O)Cn1cccc1-c1nc(-c2ccc(C)cc2)cs1. The number of carbonyl (C=O) groups excluding carboxylic acids is 1. The van der Waals surface area contributed by atoms with Gasteiger partial charge in [-0.2, -0.15) is 0 Å². The van der Waals surface area contributed by atoms with Gasteiger partial charge in [-0.05, 0) is 43.7 Å². The van der Waals surface area contributed by atoms with E-state index in [4.69, 9.17) is 9.72 Å². The molecule has 4 aromatic rings. The molecule has 0 saturated heterocycles. The summed E-state index contributed by atoms with van der Waals surface area (Å²) in [5.41, 5.74) is 5.90. The quantitative estimate of drug-likeness (QED) is 0.448. The molecule has 0 radical (unpaired) electrons. The van der Waals surface area contributed by atoms with E-state index in [0.717, 1.165) is 27.5 Å². The number of methoxy groups -OCH3 is 1. The molecule has 2 aromatic heterocycles. The molecule has 1 amide bonds. The molecule has 0 fully saturated rings. The molecule has 0 bridgehead atoms. The van der Waals surface area contributed by atoms with Crippen molar-refractivity contribution in [3.8, 4) is 27.7 Å². The Bertz CT molecular complexity index is 1180. The van der Waals surface area contributed by atoms with E-state index in [1.54, 1.807) is 18.4 Å². The molecule has 30 heavy (non-hydrogen) atoms. The van der Waals surface area contributed by atoms with Crippen molar-refractivity contribution in [2.75, 3.05) is 12.4 Å². The summed E-state index contributed by atoms with van der Waals surface area (Å²) in [5, 5.41) is 5.89. The smallest absolute Gasteiger partial charge is 0.244 e. The number of thiazole rings is 1. The highest BCUT2D eigenvalue weighted by Gasteiger charge is 2.14. The summed E-state index contributed by atoms with van der Waals surface area (Å²) in [5.74, 6) is 0.524. The molecule has 0 aliphatic heterocycles. The van der Waals surface area contributed by atoms with Crippen molar-refractivity contribution in [3.05, 3.63) is 77.3 Å². The van der Waals surface area contributed by atoms with Gasteiger partial charge in [0.1, 0.15) is 17.3 Å². The Kier molecular flexibility index (Phi) is 5.68. The third kappa shape index (κ3) is 4.28. The molecule has 152 valence electrons. The van der Waals surface area contributed by atoms with Crippen molar-refractivity contribution in [1.29, 1.82) is 0 Å². The number of carbonyl (C=O) groups is 1. The van der Waals surface area contributed by atoms with Gasteiger partial charge >= 0.3 is 0 Å². The number of anilines is 1. The van der Waals surface area contributed by atoms with Gasteiger partial charge in [0.15, 0.2) is 0 Å². The predicted octanol–water partition coefficient (Wildman–Crippen LogP) is 5.54. The Hall–Kier alpha value is -3.38. The fraction of sp³-hybridized carbons (Fsp3) is 0.167. The molecule has 1 N–H and O–H groups in total. The predicted molar refractivity (Wildman–Crippen MR) is 122 cm³/mol. The van der Waals surface area contributed by atoms with Crippen LogP contribution in [0.1, 0.15) is 11.1 Å². The summed E-state index contributed by atoms with van der Waals surface area (Å²) in [6.45, 7) is 4.24. The number of nitrogens with zero attached hydrogens (tertiary/aromatic N) is 2. The monoisotopic (exact) mass is 417 g/mol. The minimum atomic E-state index is -0.119. The molecule has 0 saturated carbocycles. The van der Waals surface area contributed by atoms with Crippen molar-refractivity contribution in [2.24, 2.45) is 0 Å². The highest BCUT2D eigenvalue weighted by Crippen LogP contribution is 2.30. The van der Waals surface area contributed by atoms with Gasteiger partial charge in [0.25, 0.3) is 0 Å². The zero-order valence-electron chi connectivity index (χ0n) is 17.2. The van der Waals surface area contributed by atoms with E-state index in [9.17, 15) is 4.79 Å². The van der Waals surface area contributed by atoms with E-state index in [2.05, 4.69) is 41.9 Å². The molecule has 2 aromatic carbocycles. The summed E-state index contributed by atoms with van der Waals surface area (Å²) < 4.78 is 7.26. The number of nitrogens with one attached hydrogen (secondary N) is 1. The summed E-state index contributed by atoms with van der Waals surface area (Å²) in [7, 11) is 1.60. The van der Waals surface area contributed by atoms with Gasteiger partial charge in [-0.25, -0.2) is 4.98 Å². The van der Waals surface area contributed by atoms with Crippen molar-refractivity contribution in [1.82, 2.24) is 9.55 Å². The molecule has 0 spiro atoms. The maximum atomic E-state index is 12.7. The van der Waals surface area contributed by atoms with Crippen molar-refractivity contribution in [2.45, 2.75) is 20.4 Å². The minimum Gasteiger partial charge on any atom is -0.495 e. The molecular weight excluding hydrogens is 394 g/mol. The third-order valence-electron chi connectivity index (χ3n) is 4.84. The summed E-state index contributed by atoms with van der Waals surface area (Å²) in [4.78, 5) is 17.5. The number of aromatic nitrogens is 2. The number of benzene rings is 2. The molecule has 2 heterocycles. The van der Waals surface area contributed by atoms with E-state index in [1.165, 1.54) is 5.56 Å². The van der Waals surface area contributed by atoms with Gasteiger partial charge in [-0.3, -0.25) is 4.79 Å². The summed E-state index contributed by atoms with van der Waals surface area (Å²) in [6, 6.07) is 18.0. The lowest BCUT2D eigenvalue weighted by atomic mass is 10.1. The lowest BCUT2D eigenvalue weighted by Crippen LogP contribution is -2.19. The normalized spacial score (nSPS) is 10.8. The summed E-state index contributed by atoms with van der Waals surface area (Å²) >= 11 is 1.58. The van der Waals surface area contributed by atoms with Crippen molar-refractivity contribution >= 4 is 22.9 Å². The second-order valence-corrected chi connectivity index (χ2v) is 8.04. The first-order valence-corrected chi connectivity index (χ1v) is 10.5. The Morgan fingerprint density at radius 2 is 1.87 bits per heavy atom. The first-order chi connectivity index (χ1) is 14.5. The summed E-state index contributed by atoms with van der Waals surface area (Å²) in [6.07, 6.45) is 1.90. The molecule has 0 aliphatic carbocycles. The van der Waals surface area contributed by atoms with Crippen LogP contribution in [0, 0.1) is 13.8 Å². The zero-order chi connectivity index (χ0) is 21.1. The molecular formula is C24H23N3O2S. The van der Waals surface area contributed by atoms with Crippen molar-refractivity contribution < 1.29 is 9.53 Å². The van der Waals surface area contributed by atoms with Crippen LogP contribution in [0.25, 0.3) is 22.0 Å². The highest BCUT2D eigenvalue weighted by atomic mass is 32.1. The van der Waals surface area contributed by atoms with Crippen LogP contribution in [0.15, 0.2) is 66.2 Å². The Balaban J connectivity index is 1.52. The molecule has 4 rings (SSSR count). The van der Waals surface area contributed by atoms with E-state index in [1.807, 2.05) is 48.0 Å². The molecule has 0 unspecified atom stereocenters. The average molecular weight is 418 g/mol. The number of aryl methyl sites for hydroxylation is 2. The van der Waals surface area contributed by atoms with Crippen LogP contribution in [0.2, 0.25) is 0 Å². The van der Waals surface area contributed by atoms with Gasteiger partial charge in [0, 0.05) is 17.1 Å². The largest absolute Gasteiger partial charge is 0.495 e. The molecule has 0 atom stereocenters. The maximum Gasteiger partial charge on any atom is 0.244 e. The van der Waals surface area contributed by atoms with Gasteiger partial charge in [0.05, 0.1) is 24.2 Å². The Morgan fingerprint density at radius 3 is 2.63 bits per heavy atom. The number of rotatable bonds is 6. The second kappa shape index (κ2) is 8.55. The maximum absolute atomic E-state index is 12.7. The average Bonchev–Trinajstić information content (AvgIpc) is 3.38. The number of hydrogen-bond acceptors (Lipinski definition) is 4. The number of hydrogen-bond donors (Lipinski definition) is 1. The van der Waals surface area contributed by atoms with Crippen LogP contribution in [0.3, 0.4) is 0 Å². The fourth-order valence-corrected chi connectivity index (χ4v) is 4.13. The van der Waals surface area contributed by atoms with E-state index >= 15 is 0 Å². The topological polar surface area (TPSA) is 56.1 Å². The zero-order valence-corrected chi connectivity index (χ0v) is 18.0. The fourth-order valence-electron chi connectivity index (χ4n) is 3.26. The van der Waals surface area contributed by atoms with Crippen LogP contribution in [-0.4, -0.2) is 22.6 Å². The van der Waals surface area contributed by atoms with Crippen LogP contribution < -0.4 is 10.1 Å². The van der Waals surface area contributed by atoms with Gasteiger partial charge in [-0.15, -0.1) is 11.3 Å². The van der Waals surface area contributed by atoms with Gasteiger partial charge < -0.3 is 14.6 Å². The van der Waals surface area contributed by atoms with E-state index in [0.29, 0.717) is 11.4 Å². The van der Waals surface area contributed by atoms with Crippen molar-refractivity contribution in [3.63, 3.8) is 0 Å². The number of amides is 1. The number of ether oxygens (including phenoxy) is 1. The third-order valence-corrected chi connectivity index (χ3v) is 5.71. The second-order valence-electron chi connectivity index (χ2n) is 7.18. The lowest BCUT2D eigenvalue weighted by Gasteiger charge is -2.12. The first kappa shape index (κ1) is 19.9. The molecule has 6 heteroatoms.